The number of hydrogen-bond donors (Lipinski definition) is 6. The van der Waals surface area contributed by atoms with E-state index in [1.807, 2.05) is 7.05 Å². The topological polar surface area (TPSA) is 220 Å². The summed E-state index contributed by atoms with van der Waals surface area (Å²) < 4.78 is 23.6. The molecule has 0 aromatic heterocycles. The third kappa shape index (κ3) is 8.91. The molecular formula is C43H58N4O12. The standard InChI is InChI=1S/C43H58N4O12/c1-21-12-11-13-22(2)42(55)45-33-28(20-44-47-17-15-46(9)16-18-47)37(52)30-31(38(33)53)36(51)26(6)40-32(30)41(54)43(8,59-40)57-19-14-29(56-10)23(3)39(58-27(7)48)25(5)35(50)24(4)34(21)49/h11-14,19-21,23-25,29,34-35,39,49-53H,15-18H2,1-10H3,(H,45,55)/b12-11+,19-14+,22-13-,44-20?/t21-,23-,24-,25+,29+,34-,35+,39-,43+/m1/s1. The molecule has 16 heteroatoms. The number of aliphatic hydroxyl groups is 2. The van der Waals surface area contributed by atoms with Crippen molar-refractivity contribution < 1.29 is 58.9 Å². The van der Waals surface area contributed by atoms with Crippen LogP contribution in [0.25, 0.3) is 10.8 Å². The molecule has 5 bridgehead atoms. The molecule has 4 aliphatic rings. The first-order valence-electron chi connectivity index (χ1n) is 19.8. The molecule has 1 saturated heterocycles. The van der Waals surface area contributed by atoms with E-state index in [2.05, 4.69) is 15.3 Å². The van der Waals surface area contributed by atoms with Gasteiger partial charge in [0.2, 0.25) is 0 Å². The highest BCUT2D eigenvalue weighted by Crippen LogP contribution is 2.55. The van der Waals surface area contributed by atoms with Crippen molar-refractivity contribution in [3.05, 3.63) is 52.8 Å². The van der Waals surface area contributed by atoms with Crippen molar-refractivity contribution in [2.75, 3.05) is 45.7 Å². The van der Waals surface area contributed by atoms with E-state index in [1.165, 1.54) is 59.4 Å². The maximum absolute atomic E-state index is 14.4. The summed E-state index contributed by atoms with van der Waals surface area (Å²) in [6.07, 6.45) is 4.86. The van der Waals surface area contributed by atoms with Crippen LogP contribution in [0.1, 0.15) is 70.0 Å². The van der Waals surface area contributed by atoms with Crippen LogP contribution in [0.2, 0.25) is 0 Å². The van der Waals surface area contributed by atoms with Gasteiger partial charge in [-0.25, -0.2) is 0 Å². The Balaban J connectivity index is 1.70. The fourth-order valence-electron chi connectivity index (χ4n) is 7.92. The Labute approximate surface area is 344 Å². The number of fused-ring (bicyclic) bond motifs is 14. The zero-order valence-electron chi connectivity index (χ0n) is 35.3. The van der Waals surface area contributed by atoms with Crippen LogP contribution in [-0.2, 0) is 23.8 Å². The number of piperazine rings is 1. The van der Waals surface area contributed by atoms with Gasteiger partial charge in [0.1, 0.15) is 23.4 Å². The number of anilines is 1. The molecular weight excluding hydrogens is 764 g/mol. The zero-order chi connectivity index (χ0) is 43.7. The van der Waals surface area contributed by atoms with Gasteiger partial charge in [-0.2, -0.15) is 5.10 Å². The number of phenols is 3. The minimum Gasteiger partial charge on any atom is -0.507 e. The van der Waals surface area contributed by atoms with Gasteiger partial charge in [0.25, 0.3) is 11.7 Å². The summed E-state index contributed by atoms with van der Waals surface area (Å²) in [5, 5.41) is 66.8. The van der Waals surface area contributed by atoms with E-state index in [1.54, 1.807) is 44.9 Å². The summed E-state index contributed by atoms with van der Waals surface area (Å²) in [7, 11) is 3.42. The Kier molecular flexibility index (Phi) is 13.7. The molecule has 4 heterocycles. The molecule has 16 nitrogen and oxygen atoms in total. The Bertz CT molecular complexity index is 2070. The normalized spacial score (nSPS) is 32.1. The Morgan fingerprint density at radius 1 is 0.949 bits per heavy atom. The van der Waals surface area contributed by atoms with Gasteiger partial charge < -0.3 is 54.7 Å². The third-order valence-electron chi connectivity index (χ3n) is 11.9. The van der Waals surface area contributed by atoms with E-state index in [0.29, 0.717) is 13.1 Å². The molecule has 0 aliphatic carbocycles. The van der Waals surface area contributed by atoms with Gasteiger partial charge >= 0.3 is 11.8 Å². The summed E-state index contributed by atoms with van der Waals surface area (Å²) in [4.78, 5) is 42.6. The molecule has 0 spiro atoms. The van der Waals surface area contributed by atoms with E-state index in [0.717, 1.165) is 13.1 Å². The highest BCUT2D eigenvalue weighted by atomic mass is 16.7. The number of Topliss-reactive ketones (excluding diaryl/α,β-unsaturated/α-hetero) is 1. The number of nitrogens with one attached hydrogen (secondary N) is 1. The first-order valence-corrected chi connectivity index (χ1v) is 19.8. The molecule has 6 N–H and O–H groups in total. The molecule has 4 aliphatic heterocycles. The van der Waals surface area contributed by atoms with Crippen molar-refractivity contribution in [2.24, 2.45) is 28.8 Å². The van der Waals surface area contributed by atoms with Crippen molar-refractivity contribution in [2.45, 2.75) is 85.6 Å². The number of nitrogens with zero attached hydrogens (tertiary/aromatic N) is 3. The Morgan fingerprint density at radius 3 is 2.24 bits per heavy atom. The summed E-state index contributed by atoms with van der Waals surface area (Å²) >= 11 is 0. The number of amides is 1. The molecule has 322 valence electrons. The number of benzene rings is 2. The van der Waals surface area contributed by atoms with Crippen molar-refractivity contribution in [1.29, 1.82) is 0 Å². The molecule has 9 atom stereocenters. The number of rotatable bonds is 4. The smallest absolute Gasteiger partial charge is 0.312 e. The molecule has 6 rings (SSSR count). The number of methoxy groups -OCH3 is 1. The summed E-state index contributed by atoms with van der Waals surface area (Å²) in [6.45, 7) is 15.1. The number of esters is 1. The quantitative estimate of drug-likeness (QED) is 0.109. The second-order valence-electron chi connectivity index (χ2n) is 16.1. The van der Waals surface area contributed by atoms with Crippen molar-refractivity contribution in [3.8, 4) is 23.0 Å². The lowest BCUT2D eigenvalue weighted by atomic mass is 9.78. The summed E-state index contributed by atoms with van der Waals surface area (Å²) in [6, 6.07) is 0. The number of ketones is 1. The lowest BCUT2D eigenvalue weighted by Gasteiger charge is -2.38. The van der Waals surface area contributed by atoms with Gasteiger partial charge in [-0.3, -0.25) is 19.4 Å². The SMILES string of the molecule is CO[C@H]1/C=C/O[C@@]2(C)Oc3c(C)c(O)c4c(O)c(c(C=NN5CCN(C)CC5)c(O)c4c3C2=O)NC(=O)/C(C)=C\C=C\[C@@H](C)[C@@H](O)[C@@H](C)[C@H](O)[C@H](C)[C@H](OC(C)=O)[C@@H]1C. The zero-order valence-corrected chi connectivity index (χ0v) is 35.3. The lowest BCUT2D eigenvalue weighted by molar-refractivity contribution is -0.160. The van der Waals surface area contributed by atoms with E-state index in [9.17, 15) is 39.9 Å². The van der Waals surface area contributed by atoms with Gasteiger partial charge in [-0.05, 0) is 27.0 Å². The highest BCUT2D eigenvalue weighted by molar-refractivity contribution is 6.23. The minimum atomic E-state index is -2.04. The molecule has 1 fully saturated rings. The number of carbonyl (C=O) groups excluding carboxylic acids is 3. The van der Waals surface area contributed by atoms with Gasteiger partial charge in [-0.1, -0.05) is 45.9 Å². The van der Waals surface area contributed by atoms with Gasteiger partial charge in [0, 0.05) is 87.3 Å². The number of likely N-dealkylation sites (N-methyl/N-ethyl adjacent to an activating group) is 1. The number of phenolic OH excluding ortho intramolecular Hbond substituents is 3. The summed E-state index contributed by atoms with van der Waals surface area (Å²) in [5.41, 5.74) is -0.350. The monoisotopic (exact) mass is 822 g/mol. The predicted octanol–water partition coefficient (Wildman–Crippen LogP) is 4.34. The predicted molar refractivity (Wildman–Crippen MR) is 220 cm³/mol. The second-order valence-corrected chi connectivity index (χ2v) is 16.1. The van der Waals surface area contributed by atoms with Crippen LogP contribution in [0, 0.1) is 30.6 Å². The van der Waals surface area contributed by atoms with Crippen molar-refractivity contribution >= 4 is 40.3 Å². The van der Waals surface area contributed by atoms with Crippen LogP contribution in [0.4, 0.5) is 5.69 Å². The van der Waals surface area contributed by atoms with Crippen molar-refractivity contribution in [1.82, 2.24) is 9.91 Å². The molecule has 0 unspecified atom stereocenters. The van der Waals surface area contributed by atoms with Gasteiger partial charge in [0.15, 0.2) is 5.75 Å². The maximum Gasteiger partial charge on any atom is 0.312 e. The number of carbonyl (C=O) groups is 3. The minimum absolute atomic E-state index is 0.0559. The fourth-order valence-corrected chi connectivity index (χ4v) is 7.92. The van der Waals surface area contributed by atoms with E-state index >= 15 is 0 Å². The van der Waals surface area contributed by atoms with E-state index < -0.39 is 88.8 Å². The number of ether oxygens (including phenoxy) is 4. The highest BCUT2D eigenvalue weighted by Gasteiger charge is 2.50. The first kappa shape index (κ1) is 44.9. The van der Waals surface area contributed by atoms with E-state index in [-0.39, 0.29) is 44.5 Å². The molecule has 0 radical (unpaired) electrons. The van der Waals surface area contributed by atoms with E-state index in [4.69, 9.17) is 18.9 Å². The molecule has 2 aromatic rings. The Morgan fingerprint density at radius 2 is 1.61 bits per heavy atom. The average molecular weight is 823 g/mol. The second kappa shape index (κ2) is 18.0. The Hall–Kier alpha value is -5.16. The van der Waals surface area contributed by atoms with Crippen LogP contribution < -0.4 is 10.1 Å². The van der Waals surface area contributed by atoms with Gasteiger partial charge in [-0.15, -0.1) is 0 Å². The van der Waals surface area contributed by atoms with Crippen LogP contribution >= 0.6 is 0 Å². The number of hydrazone groups is 1. The van der Waals surface area contributed by atoms with Crippen LogP contribution in [0.5, 0.6) is 23.0 Å². The van der Waals surface area contributed by atoms with Crippen LogP contribution in [0.3, 0.4) is 0 Å². The summed E-state index contributed by atoms with van der Waals surface area (Å²) in [5.74, 6) is -8.34. The maximum atomic E-state index is 14.4. The molecule has 59 heavy (non-hydrogen) atoms. The van der Waals surface area contributed by atoms with Crippen LogP contribution in [0.15, 0.2) is 41.2 Å². The molecule has 0 saturated carbocycles. The average Bonchev–Trinajstić information content (AvgIpc) is 3.46. The first-order chi connectivity index (χ1) is 27.7. The van der Waals surface area contributed by atoms with Gasteiger partial charge in [0.05, 0.1) is 53.0 Å². The third-order valence-corrected chi connectivity index (χ3v) is 11.9. The van der Waals surface area contributed by atoms with Crippen LogP contribution in [-0.4, -0.2) is 130 Å². The number of hydrogen-bond acceptors (Lipinski definition) is 15. The number of aliphatic hydroxyl groups excluding tert-OH is 2. The fraction of sp³-hybridized carbons (Fsp3) is 0.535. The molecule has 1 amide bonds. The number of aromatic hydroxyl groups is 3. The van der Waals surface area contributed by atoms with Crippen molar-refractivity contribution in [3.63, 3.8) is 0 Å². The lowest BCUT2D eigenvalue weighted by Crippen LogP contribution is -2.46. The molecule has 2 aromatic carbocycles. The largest absolute Gasteiger partial charge is 0.507 e. The number of allylic oxidation sites excluding steroid dienone is 2.